The SMILES string of the molecule is CC1CCN(C(=O)CC2NCCCC2C)CC1. The molecule has 17 heavy (non-hydrogen) atoms. The third-order valence-corrected chi connectivity index (χ3v) is 4.46. The molecule has 2 heterocycles. The summed E-state index contributed by atoms with van der Waals surface area (Å²) in [6, 6.07) is 0.413. The van der Waals surface area contributed by atoms with E-state index in [1.54, 1.807) is 0 Å². The summed E-state index contributed by atoms with van der Waals surface area (Å²) in [5.74, 6) is 1.81. The maximum atomic E-state index is 12.2. The summed E-state index contributed by atoms with van der Waals surface area (Å²) in [6.07, 6.45) is 5.59. The lowest BCUT2D eigenvalue weighted by molar-refractivity contribution is -0.133. The van der Waals surface area contributed by atoms with Gasteiger partial charge in [-0.25, -0.2) is 0 Å². The Bertz CT molecular complexity index is 259. The number of hydrogen-bond acceptors (Lipinski definition) is 2. The fraction of sp³-hybridized carbons (Fsp3) is 0.929. The first-order chi connectivity index (χ1) is 8.16. The molecule has 2 atom stereocenters. The lowest BCUT2D eigenvalue weighted by Gasteiger charge is -2.34. The first-order valence-electron chi connectivity index (χ1n) is 7.18. The Morgan fingerprint density at radius 2 is 1.94 bits per heavy atom. The standard InChI is InChI=1S/C14H26N2O/c1-11-5-8-16(9-6-11)14(17)10-13-12(2)4-3-7-15-13/h11-13,15H,3-10H2,1-2H3. The first-order valence-corrected chi connectivity index (χ1v) is 7.18. The second-order valence-corrected chi connectivity index (χ2v) is 5.95. The zero-order chi connectivity index (χ0) is 12.3. The van der Waals surface area contributed by atoms with Gasteiger partial charge in [-0.05, 0) is 44.1 Å². The predicted octanol–water partition coefficient (Wildman–Crippen LogP) is 2.02. The van der Waals surface area contributed by atoms with Crippen LogP contribution in [0.4, 0.5) is 0 Å². The molecule has 2 fully saturated rings. The normalized spacial score (nSPS) is 31.5. The van der Waals surface area contributed by atoms with Crippen molar-refractivity contribution in [3.63, 3.8) is 0 Å². The lowest BCUT2D eigenvalue weighted by Crippen LogP contribution is -2.46. The number of carbonyl (C=O) groups excluding carboxylic acids is 1. The molecule has 0 aromatic heterocycles. The minimum absolute atomic E-state index is 0.364. The molecule has 2 aliphatic rings. The molecule has 0 spiro atoms. The fourth-order valence-electron chi connectivity index (χ4n) is 2.96. The maximum Gasteiger partial charge on any atom is 0.224 e. The van der Waals surface area contributed by atoms with Crippen molar-refractivity contribution < 1.29 is 4.79 Å². The number of hydrogen-bond donors (Lipinski definition) is 1. The van der Waals surface area contributed by atoms with E-state index < -0.39 is 0 Å². The molecule has 2 saturated heterocycles. The summed E-state index contributed by atoms with van der Waals surface area (Å²) in [5.41, 5.74) is 0. The van der Waals surface area contributed by atoms with E-state index in [0.29, 0.717) is 24.3 Å². The average molecular weight is 238 g/mol. The molecule has 0 aliphatic carbocycles. The fourth-order valence-corrected chi connectivity index (χ4v) is 2.96. The van der Waals surface area contributed by atoms with Crippen molar-refractivity contribution in [1.82, 2.24) is 10.2 Å². The minimum atomic E-state index is 0.364. The van der Waals surface area contributed by atoms with Gasteiger partial charge in [0.2, 0.25) is 5.91 Å². The van der Waals surface area contributed by atoms with Crippen LogP contribution in [0.1, 0.15) is 46.0 Å². The van der Waals surface area contributed by atoms with Crippen LogP contribution in [-0.2, 0) is 4.79 Å². The predicted molar refractivity (Wildman–Crippen MR) is 69.8 cm³/mol. The average Bonchev–Trinajstić information content (AvgIpc) is 2.33. The van der Waals surface area contributed by atoms with E-state index in [2.05, 4.69) is 24.1 Å². The molecular weight excluding hydrogens is 212 g/mol. The van der Waals surface area contributed by atoms with E-state index in [4.69, 9.17) is 0 Å². The maximum absolute atomic E-state index is 12.2. The van der Waals surface area contributed by atoms with Gasteiger partial charge in [0.25, 0.3) is 0 Å². The number of nitrogens with one attached hydrogen (secondary N) is 1. The van der Waals surface area contributed by atoms with Crippen molar-refractivity contribution in [2.24, 2.45) is 11.8 Å². The van der Waals surface area contributed by atoms with E-state index >= 15 is 0 Å². The molecule has 1 amide bonds. The zero-order valence-electron chi connectivity index (χ0n) is 11.2. The van der Waals surface area contributed by atoms with Gasteiger partial charge in [0, 0.05) is 25.6 Å². The molecule has 0 radical (unpaired) electrons. The van der Waals surface area contributed by atoms with Crippen LogP contribution in [0.5, 0.6) is 0 Å². The van der Waals surface area contributed by atoms with E-state index in [1.807, 2.05) is 0 Å². The highest BCUT2D eigenvalue weighted by Crippen LogP contribution is 2.21. The smallest absolute Gasteiger partial charge is 0.224 e. The van der Waals surface area contributed by atoms with Gasteiger partial charge in [-0.2, -0.15) is 0 Å². The van der Waals surface area contributed by atoms with Crippen LogP contribution < -0.4 is 5.32 Å². The van der Waals surface area contributed by atoms with Crippen LogP contribution in [0.25, 0.3) is 0 Å². The molecule has 2 aliphatic heterocycles. The van der Waals surface area contributed by atoms with E-state index in [1.165, 1.54) is 25.7 Å². The highest BCUT2D eigenvalue weighted by Gasteiger charge is 2.27. The molecule has 2 unspecified atom stereocenters. The molecule has 0 aromatic rings. The quantitative estimate of drug-likeness (QED) is 0.798. The second kappa shape index (κ2) is 5.85. The van der Waals surface area contributed by atoms with Crippen molar-refractivity contribution in [3.05, 3.63) is 0 Å². The molecule has 0 saturated carbocycles. The molecule has 1 N–H and O–H groups in total. The second-order valence-electron chi connectivity index (χ2n) is 5.95. The van der Waals surface area contributed by atoms with Crippen molar-refractivity contribution in [1.29, 1.82) is 0 Å². The van der Waals surface area contributed by atoms with Crippen molar-refractivity contribution in [3.8, 4) is 0 Å². The highest BCUT2D eigenvalue weighted by molar-refractivity contribution is 5.77. The summed E-state index contributed by atoms with van der Waals surface area (Å²) < 4.78 is 0. The largest absolute Gasteiger partial charge is 0.343 e. The monoisotopic (exact) mass is 238 g/mol. The summed E-state index contributed by atoms with van der Waals surface area (Å²) in [7, 11) is 0. The van der Waals surface area contributed by atoms with Gasteiger partial charge in [0.15, 0.2) is 0 Å². The lowest BCUT2D eigenvalue weighted by atomic mass is 9.90. The molecule has 0 aromatic carbocycles. The Kier molecular flexibility index (Phi) is 4.43. The molecule has 3 nitrogen and oxygen atoms in total. The molecule has 98 valence electrons. The van der Waals surface area contributed by atoms with Crippen molar-refractivity contribution >= 4 is 5.91 Å². The van der Waals surface area contributed by atoms with Crippen LogP contribution in [0.2, 0.25) is 0 Å². The Labute approximate surface area is 105 Å². The Hall–Kier alpha value is -0.570. The van der Waals surface area contributed by atoms with Crippen LogP contribution in [0, 0.1) is 11.8 Å². The van der Waals surface area contributed by atoms with Crippen molar-refractivity contribution in [2.75, 3.05) is 19.6 Å². The van der Waals surface area contributed by atoms with Gasteiger partial charge < -0.3 is 10.2 Å². The number of likely N-dealkylation sites (tertiary alicyclic amines) is 1. The number of piperidine rings is 2. The van der Waals surface area contributed by atoms with Gasteiger partial charge in [-0.15, -0.1) is 0 Å². The third-order valence-electron chi connectivity index (χ3n) is 4.46. The number of rotatable bonds is 2. The Morgan fingerprint density at radius 3 is 2.59 bits per heavy atom. The molecule has 3 heteroatoms. The van der Waals surface area contributed by atoms with Gasteiger partial charge >= 0.3 is 0 Å². The van der Waals surface area contributed by atoms with Gasteiger partial charge in [0.05, 0.1) is 0 Å². The van der Waals surface area contributed by atoms with Gasteiger partial charge in [-0.3, -0.25) is 4.79 Å². The van der Waals surface area contributed by atoms with Crippen LogP contribution in [-0.4, -0.2) is 36.5 Å². The topological polar surface area (TPSA) is 32.3 Å². The number of carbonyl (C=O) groups is 1. The zero-order valence-corrected chi connectivity index (χ0v) is 11.2. The molecule has 0 bridgehead atoms. The number of amides is 1. The first kappa shape index (κ1) is 12.9. The minimum Gasteiger partial charge on any atom is -0.343 e. The van der Waals surface area contributed by atoms with E-state index in [0.717, 1.165) is 25.6 Å². The third kappa shape index (κ3) is 3.44. The number of nitrogens with zero attached hydrogens (tertiary/aromatic N) is 1. The summed E-state index contributed by atoms with van der Waals surface area (Å²) in [4.78, 5) is 14.3. The molecular formula is C14H26N2O. The van der Waals surface area contributed by atoms with Gasteiger partial charge in [0.1, 0.15) is 0 Å². The van der Waals surface area contributed by atoms with E-state index in [9.17, 15) is 4.79 Å². The Balaban J connectivity index is 1.79. The highest BCUT2D eigenvalue weighted by atomic mass is 16.2. The summed E-state index contributed by atoms with van der Waals surface area (Å²) in [6.45, 7) is 7.58. The summed E-state index contributed by atoms with van der Waals surface area (Å²) >= 11 is 0. The Morgan fingerprint density at radius 1 is 1.24 bits per heavy atom. The van der Waals surface area contributed by atoms with Crippen molar-refractivity contribution in [2.45, 2.75) is 52.0 Å². The van der Waals surface area contributed by atoms with Crippen LogP contribution >= 0.6 is 0 Å². The molecule has 2 rings (SSSR count). The summed E-state index contributed by atoms with van der Waals surface area (Å²) in [5, 5.41) is 3.50. The van der Waals surface area contributed by atoms with Crippen LogP contribution in [0.15, 0.2) is 0 Å². The van der Waals surface area contributed by atoms with Crippen LogP contribution in [0.3, 0.4) is 0 Å². The van der Waals surface area contributed by atoms with E-state index in [-0.39, 0.29) is 0 Å². The van der Waals surface area contributed by atoms with Gasteiger partial charge in [-0.1, -0.05) is 13.8 Å².